The first-order chi connectivity index (χ1) is 10.1. The molecule has 0 bridgehead atoms. The number of benzene rings is 2. The third-order valence-electron chi connectivity index (χ3n) is 4.19. The van der Waals surface area contributed by atoms with Crippen molar-refractivity contribution in [2.75, 3.05) is 14.2 Å². The summed E-state index contributed by atoms with van der Waals surface area (Å²) >= 11 is 0. The molecule has 21 heavy (non-hydrogen) atoms. The molecule has 1 N–H and O–H groups in total. The van der Waals surface area contributed by atoms with Crippen molar-refractivity contribution < 1.29 is 19.4 Å². The Bertz CT molecular complexity index is 733. The SMILES string of the molecule is COc1cc(C)c2c(O)c3c(cc2c1)C(OC)CCC3=O. The lowest BCUT2D eigenvalue weighted by molar-refractivity contribution is 0.0734. The zero-order valence-electron chi connectivity index (χ0n) is 12.4. The number of hydrogen-bond acceptors (Lipinski definition) is 4. The molecule has 110 valence electrons. The van der Waals surface area contributed by atoms with Gasteiger partial charge in [-0.05, 0) is 48.1 Å². The zero-order valence-corrected chi connectivity index (χ0v) is 12.4. The summed E-state index contributed by atoms with van der Waals surface area (Å²) in [6.07, 6.45) is 0.898. The predicted octanol–water partition coefficient (Wildman–Crippen LogP) is 3.53. The molecule has 1 atom stereocenters. The number of rotatable bonds is 2. The maximum absolute atomic E-state index is 12.2. The summed E-state index contributed by atoms with van der Waals surface area (Å²) in [5.74, 6) is 0.776. The lowest BCUT2D eigenvalue weighted by Crippen LogP contribution is -2.17. The highest BCUT2D eigenvalue weighted by atomic mass is 16.5. The minimum atomic E-state index is -0.153. The Labute approximate surface area is 123 Å². The fourth-order valence-electron chi connectivity index (χ4n) is 3.17. The Morgan fingerprint density at radius 1 is 1.24 bits per heavy atom. The van der Waals surface area contributed by atoms with Crippen LogP contribution in [0.15, 0.2) is 18.2 Å². The number of phenols is 1. The van der Waals surface area contributed by atoms with E-state index in [0.29, 0.717) is 23.8 Å². The summed E-state index contributed by atoms with van der Waals surface area (Å²) in [5, 5.41) is 12.2. The van der Waals surface area contributed by atoms with Gasteiger partial charge in [0.15, 0.2) is 5.78 Å². The second-order valence-electron chi connectivity index (χ2n) is 5.42. The van der Waals surface area contributed by atoms with Crippen molar-refractivity contribution in [3.8, 4) is 11.5 Å². The maximum Gasteiger partial charge on any atom is 0.167 e. The van der Waals surface area contributed by atoms with Crippen molar-refractivity contribution in [3.63, 3.8) is 0 Å². The van der Waals surface area contributed by atoms with Crippen LogP contribution in [0.1, 0.15) is 40.4 Å². The van der Waals surface area contributed by atoms with E-state index in [1.165, 1.54) is 0 Å². The van der Waals surface area contributed by atoms with Crippen molar-refractivity contribution in [2.24, 2.45) is 0 Å². The Kier molecular flexibility index (Phi) is 3.33. The molecule has 0 amide bonds. The molecule has 1 unspecified atom stereocenters. The molecule has 0 fully saturated rings. The first-order valence-electron chi connectivity index (χ1n) is 6.97. The molecule has 3 rings (SSSR count). The third-order valence-corrected chi connectivity index (χ3v) is 4.19. The van der Waals surface area contributed by atoms with Gasteiger partial charge in [-0.25, -0.2) is 0 Å². The van der Waals surface area contributed by atoms with Crippen LogP contribution in [0.25, 0.3) is 10.8 Å². The number of phenolic OH excluding ortho intramolecular Hbond substituents is 1. The molecule has 0 aromatic heterocycles. The molecule has 1 aliphatic rings. The number of carbonyl (C=O) groups is 1. The van der Waals surface area contributed by atoms with Crippen molar-refractivity contribution in [3.05, 3.63) is 34.9 Å². The number of ether oxygens (including phenoxy) is 2. The van der Waals surface area contributed by atoms with Crippen LogP contribution in [-0.2, 0) is 4.74 Å². The smallest absolute Gasteiger partial charge is 0.167 e. The van der Waals surface area contributed by atoms with Gasteiger partial charge >= 0.3 is 0 Å². The van der Waals surface area contributed by atoms with Gasteiger partial charge in [0.2, 0.25) is 0 Å². The summed E-state index contributed by atoms with van der Waals surface area (Å²) in [4.78, 5) is 12.2. The molecule has 1 aliphatic carbocycles. The van der Waals surface area contributed by atoms with E-state index in [1.807, 2.05) is 25.1 Å². The molecule has 0 heterocycles. The summed E-state index contributed by atoms with van der Waals surface area (Å²) in [5.41, 5.74) is 2.07. The molecule has 2 aromatic rings. The van der Waals surface area contributed by atoms with E-state index < -0.39 is 0 Å². The molecular formula is C17H18O4. The van der Waals surface area contributed by atoms with E-state index in [-0.39, 0.29) is 17.6 Å². The number of carbonyl (C=O) groups excluding carboxylic acids is 1. The quantitative estimate of drug-likeness (QED) is 0.917. The summed E-state index contributed by atoms with van der Waals surface area (Å²) in [7, 11) is 3.24. The number of aromatic hydroxyl groups is 1. The highest BCUT2D eigenvalue weighted by molar-refractivity contribution is 6.08. The van der Waals surface area contributed by atoms with Crippen LogP contribution in [0, 0.1) is 6.92 Å². The second kappa shape index (κ2) is 5.04. The molecular weight excluding hydrogens is 268 g/mol. The number of Topliss-reactive ketones (excluding diaryl/α,β-unsaturated/α-hetero) is 1. The Balaban J connectivity index is 2.38. The van der Waals surface area contributed by atoms with Crippen LogP contribution in [0.2, 0.25) is 0 Å². The maximum atomic E-state index is 12.2. The molecule has 0 radical (unpaired) electrons. The van der Waals surface area contributed by atoms with E-state index in [0.717, 1.165) is 22.3 Å². The second-order valence-corrected chi connectivity index (χ2v) is 5.42. The van der Waals surface area contributed by atoms with Crippen molar-refractivity contribution in [1.29, 1.82) is 0 Å². The Hall–Kier alpha value is -2.07. The van der Waals surface area contributed by atoms with Gasteiger partial charge in [-0.15, -0.1) is 0 Å². The number of ketones is 1. The summed E-state index contributed by atoms with van der Waals surface area (Å²) in [6.45, 7) is 1.90. The lowest BCUT2D eigenvalue weighted by atomic mass is 9.84. The molecule has 0 saturated carbocycles. The molecule has 4 nitrogen and oxygen atoms in total. The highest BCUT2D eigenvalue weighted by Gasteiger charge is 2.30. The molecule has 0 saturated heterocycles. The minimum absolute atomic E-state index is 0.0204. The molecule has 0 aliphatic heterocycles. The number of aryl methyl sites for hydroxylation is 1. The molecule has 4 heteroatoms. The van der Waals surface area contributed by atoms with Gasteiger partial charge in [0.1, 0.15) is 11.5 Å². The first kappa shape index (κ1) is 13.9. The fourth-order valence-corrected chi connectivity index (χ4v) is 3.17. The first-order valence-corrected chi connectivity index (χ1v) is 6.97. The van der Waals surface area contributed by atoms with Crippen molar-refractivity contribution in [1.82, 2.24) is 0 Å². The van der Waals surface area contributed by atoms with Gasteiger partial charge in [0.05, 0.1) is 18.8 Å². The van der Waals surface area contributed by atoms with Crippen molar-refractivity contribution in [2.45, 2.75) is 25.9 Å². The van der Waals surface area contributed by atoms with Gasteiger partial charge in [-0.2, -0.15) is 0 Å². The molecule has 0 spiro atoms. The fraction of sp³-hybridized carbons (Fsp3) is 0.353. The Morgan fingerprint density at radius 2 is 2.00 bits per heavy atom. The van der Waals surface area contributed by atoms with Crippen molar-refractivity contribution >= 4 is 16.6 Å². The summed E-state index contributed by atoms with van der Waals surface area (Å²) < 4.78 is 10.7. The highest BCUT2D eigenvalue weighted by Crippen LogP contribution is 2.43. The summed E-state index contributed by atoms with van der Waals surface area (Å²) in [6, 6.07) is 5.66. The topological polar surface area (TPSA) is 55.8 Å². The van der Waals surface area contributed by atoms with E-state index in [4.69, 9.17) is 9.47 Å². The van der Waals surface area contributed by atoms with Crippen LogP contribution in [0.5, 0.6) is 11.5 Å². The number of hydrogen-bond donors (Lipinski definition) is 1. The van der Waals surface area contributed by atoms with Crippen LogP contribution in [0.3, 0.4) is 0 Å². The number of fused-ring (bicyclic) bond motifs is 2. The number of methoxy groups -OCH3 is 2. The van der Waals surface area contributed by atoms with E-state index in [2.05, 4.69) is 0 Å². The van der Waals surface area contributed by atoms with E-state index in [1.54, 1.807) is 14.2 Å². The Morgan fingerprint density at radius 3 is 2.67 bits per heavy atom. The average Bonchev–Trinajstić information content (AvgIpc) is 2.46. The standard InChI is InChI=1S/C17H18O4/c1-9-6-11(20-2)7-10-8-12-14(21-3)5-4-13(18)16(12)17(19)15(9)10/h6-8,14,19H,4-5H2,1-3H3. The minimum Gasteiger partial charge on any atom is -0.507 e. The van der Waals surface area contributed by atoms with Gasteiger partial charge in [0, 0.05) is 18.9 Å². The van der Waals surface area contributed by atoms with Gasteiger partial charge in [-0.1, -0.05) is 0 Å². The lowest BCUT2D eigenvalue weighted by Gasteiger charge is -2.25. The van der Waals surface area contributed by atoms with E-state index >= 15 is 0 Å². The van der Waals surface area contributed by atoms with Crippen LogP contribution in [-0.4, -0.2) is 25.1 Å². The zero-order chi connectivity index (χ0) is 15.1. The normalized spacial score (nSPS) is 17.9. The predicted molar refractivity (Wildman–Crippen MR) is 80.2 cm³/mol. The van der Waals surface area contributed by atoms with Crippen LogP contribution < -0.4 is 4.74 Å². The molecule has 2 aromatic carbocycles. The van der Waals surface area contributed by atoms with Gasteiger partial charge < -0.3 is 14.6 Å². The van der Waals surface area contributed by atoms with Gasteiger partial charge in [0.25, 0.3) is 0 Å². The van der Waals surface area contributed by atoms with Crippen LogP contribution in [0.4, 0.5) is 0 Å². The third kappa shape index (κ3) is 2.07. The van der Waals surface area contributed by atoms with E-state index in [9.17, 15) is 9.90 Å². The largest absolute Gasteiger partial charge is 0.507 e. The monoisotopic (exact) mass is 286 g/mol. The van der Waals surface area contributed by atoms with Gasteiger partial charge in [-0.3, -0.25) is 4.79 Å². The van der Waals surface area contributed by atoms with Crippen LogP contribution >= 0.6 is 0 Å². The average molecular weight is 286 g/mol.